The number of nitrogens with one attached hydrogen (secondary N) is 1. The molecule has 0 bridgehead atoms. The van der Waals surface area contributed by atoms with Crippen LogP contribution in [0.1, 0.15) is 12.2 Å². The third-order valence-electron chi connectivity index (χ3n) is 3.22. The molecule has 5 nitrogen and oxygen atoms in total. The summed E-state index contributed by atoms with van der Waals surface area (Å²) in [5, 5.41) is 7.84. The minimum Gasteiger partial charge on any atom is -0.495 e. The number of rotatable bonds is 3. The second kappa shape index (κ2) is 4.33. The first kappa shape index (κ1) is 10.5. The Morgan fingerprint density at radius 2 is 2.47 bits per heavy atom. The van der Waals surface area contributed by atoms with Crippen LogP contribution in [-0.2, 0) is 6.42 Å². The summed E-state index contributed by atoms with van der Waals surface area (Å²) < 4.78 is 6.95. The van der Waals surface area contributed by atoms with E-state index in [2.05, 4.69) is 15.4 Å². The van der Waals surface area contributed by atoms with E-state index in [-0.39, 0.29) is 0 Å². The third kappa shape index (κ3) is 2.10. The van der Waals surface area contributed by atoms with Gasteiger partial charge in [0, 0.05) is 6.42 Å². The summed E-state index contributed by atoms with van der Waals surface area (Å²) in [5.41, 5.74) is 0.881. The van der Waals surface area contributed by atoms with E-state index in [1.807, 2.05) is 18.3 Å². The molecule has 0 radical (unpaired) electrons. The molecule has 1 fully saturated rings. The van der Waals surface area contributed by atoms with Gasteiger partial charge in [0.2, 0.25) is 0 Å². The van der Waals surface area contributed by atoms with Gasteiger partial charge >= 0.3 is 0 Å². The van der Waals surface area contributed by atoms with Gasteiger partial charge in [0.05, 0.1) is 13.3 Å². The van der Waals surface area contributed by atoms with Gasteiger partial charge in [-0.25, -0.2) is 9.50 Å². The molecule has 0 saturated carbocycles. The van der Waals surface area contributed by atoms with Gasteiger partial charge in [-0.3, -0.25) is 0 Å². The van der Waals surface area contributed by atoms with E-state index >= 15 is 0 Å². The smallest absolute Gasteiger partial charge is 0.155 e. The number of fused-ring (bicyclic) bond motifs is 1. The molecule has 0 spiro atoms. The number of aromatic nitrogens is 3. The quantitative estimate of drug-likeness (QED) is 0.854. The van der Waals surface area contributed by atoms with Gasteiger partial charge in [-0.2, -0.15) is 5.10 Å². The minimum absolute atomic E-state index is 0.675. The van der Waals surface area contributed by atoms with E-state index in [0.717, 1.165) is 36.7 Å². The van der Waals surface area contributed by atoms with Crippen LogP contribution in [0.2, 0.25) is 0 Å². The van der Waals surface area contributed by atoms with Crippen molar-refractivity contribution in [3.8, 4) is 5.75 Å². The molecule has 1 N–H and O–H groups in total. The number of hydrogen-bond acceptors (Lipinski definition) is 4. The monoisotopic (exact) mass is 232 g/mol. The van der Waals surface area contributed by atoms with Gasteiger partial charge < -0.3 is 10.1 Å². The Bertz CT molecular complexity index is 516. The summed E-state index contributed by atoms with van der Waals surface area (Å²) in [6.45, 7) is 2.20. The molecule has 1 aliphatic heterocycles. The van der Waals surface area contributed by atoms with Crippen LogP contribution in [0, 0.1) is 5.92 Å². The van der Waals surface area contributed by atoms with Crippen molar-refractivity contribution < 1.29 is 4.74 Å². The summed E-state index contributed by atoms with van der Waals surface area (Å²) in [7, 11) is 1.66. The van der Waals surface area contributed by atoms with Crippen molar-refractivity contribution in [1.29, 1.82) is 0 Å². The molecule has 17 heavy (non-hydrogen) atoms. The van der Waals surface area contributed by atoms with Crippen LogP contribution >= 0.6 is 0 Å². The SMILES string of the molecule is COc1ccc2nc(CC3CCNC3)nn2c1. The third-order valence-corrected chi connectivity index (χ3v) is 3.22. The molecule has 0 amide bonds. The lowest BCUT2D eigenvalue weighted by molar-refractivity contribution is 0.411. The van der Waals surface area contributed by atoms with Gasteiger partial charge in [0.1, 0.15) is 5.75 Å². The van der Waals surface area contributed by atoms with Crippen LogP contribution in [0.5, 0.6) is 5.75 Å². The van der Waals surface area contributed by atoms with Crippen LogP contribution in [0.15, 0.2) is 18.3 Å². The molecular formula is C12H16N4O. The zero-order valence-corrected chi connectivity index (χ0v) is 9.89. The largest absolute Gasteiger partial charge is 0.495 e. The van der Waals surface area contributed by atoms with Crippen LogP contribution in [0.25, 0.3) is 5.65 Å². The zero-order chi connectivity index (χ0) is 11.7. The van der Waals surface area contributed by atoms with E-state index in [0.29, 0.717) is 5.92 Å². The molecule has 5 heteroatoms. The summed E-state index contributed by atoms with van der Waals surface area (Å²) in [5.74, 6) is 2.40. The molecule has 1 atom stereocenters. The lowest BCUT2D eigenvalue weighted by atomic mass is 10.1. The summed E-state index contributed by atoms with van der Waals surface area (Å²) in [6.07, 6.45) is 4.04. The highest BCUT2D eigenvalue weighted by Gasteiger charge is 2.17. The predicted octanol–water partition coefficient (Wildman–Crippen LogP) is 0.890. The Morgan fingerprint density at radius 3 is 3.24 bits per heavy atom. The average Bonchev–Trinajstić information content (AvgIpc) is 2.96. The van der Waals surface area contributed by atoms with Crippen molar-refractivity contribution in [3.05, 3.63) is 24.2 Å². The fourth-order valence-electron chi connectivity index (χ4n) is 2.26. The maximum absolute atomic E-state index is 5.17. The molecule has 3 heterocycles. The number of nitrogens with zero attached hydrogens (tertiary/aromatic N) is 3. The number of ether oxygens (including phenoxy) is 1. The van der Waals surface area contributed by atoms with Crippen molar-refractivity contribution in [2.24, 2.45) is 5.92 Å². The Balaban J connectivity index is 1.85. The first-order valence-corrected chi connectivity index (χ1v) is 5.95. The fraction of sp³-hybridized carbons (Fsp3) is 0.500. The lowest BCUT2D eigenvalue weighted by Gasteiger charge is -2.02. The molecule has 0 aliphatic carbocycles. The number of pyridine rings is 1. The van der Waals surface area contributed by atoms with Crippen LogP contribution in [-0.4, -0.2) is 34.8 Å². The van der Waals surface area contributed by atoms with Crippen LogP contribution < -0.4 is 10.1 Å². The van der Waals surface area contributed by atoms with Crippen LogP contribution in [0.4, 0.5) is 0 Å². The number of methoxy groups -OCH3 is 1. The summed E-state index contributed by atoms with van der Waals surface area (Å²) in [6, 6.07) is 3.84. The Morgan fingerprint density at radius 1 is 1.53 bits per heavy atom. The predicted molar refractivity (Wildman–Crippen MR) is 64.2 cm³/mol. The van der Waals surface area contributed by atoms with Gasteiger partial charge in [0.25, 0.3) is 0 Å². The molecule has 0 aromatic carbocycles. The zero-order valence-electron chi connectivity index (χ0n) is 9.89. The summed E-state index contributed by atoms with van der Waals surface area (Å²) in [4.78, 5) is 4.52. The maximum atomic E-state index is 5.17. The standard InChI is InChI=1S/C12H16N4O/c1-17-10-2-3-12-14-11(15-16(12)8-10)6-9-4-5-13-7-9/h2-3,8-9,13H,4-7H2,1H3. The van der Waals surface area contributed by atoms with E-state index in [4.69, 9.17) is 4.74 Å². The summed E-state index contributed by atoms with van der Waals surface area (Å²) >= 11 is 0. The van der Waals surface area contributed by atoms with Crippen molar-refractivity contribution >= 4 is 5.65 Å². The van der Waals surface area contributed by atoms with Crippen molar-refractivity contribution in [3.63, 3.8) is 0 Å². The second-order valence-corrected chi connectivity index (χ2v) is 4.46. The van der Waals surface area contributed by atoms with Gasteiger partial charge in [-0.1, -0.05) is 0 Å². The highest BCUT2D eigenvalue weighted by atomic mass is 16.5. The molecule has 3 rings (SSSR count). The first-order chi connectivity index (χ1) is 8.35. The lowest BCUT2D eigenvalue weighted by Crippen LogP contribution is -2.11. The van der Waals surface area contributed by atoms with Crippen molar-refractivity contribution in [2.45, 2.75) is 12.8 Å². The van der Waals surface area contributed by atoms with E-state index in [1.165, 1.54) is 6.42 Å². The van der Waals surface area contributed by atoms with Crippen molar-refractivity contribution in [1.82, 2.24) is 19.9 Å². The normalized spacial score (nSPS) is 19.9. The Hall–Kier alpha value is -1.62. The molecule has 1 unspecified atom stereocenters. The molecule has 1 aliphatic rings. The highest BCUT2D eigenvalue weighted by molar-refractivity contribution is 5.40. The Labute approximate surface area is 99.8 Å². The van der Waals surface area contributed by atoms with E-state index in [1.54, 1.807) is 11.6 Å². The van der Waals surface area contributed by atoms with Gasteiger partial charge in [-0.05, 0) is 37.6 Å². The van der Waals surface area contributed by atoms with Gasteiger partial charge in [0.15, 0.2) is 11.5 Å². The Kier molecular flexibility index (Phi) is 2.68. The molecule has 2 aromatic rings. The molecule has 1 saturated heterocycles. The topological polar surface area (TPSA) is 51.5 Å². The fourth-order valence-corrected chi connectivity index (χ4v) is 2.26. The minimum atomic E-state index is 0.675. The van der Waals surface area contributed by atoms with E-state index in [9.17, 15) is 0 Å². The molecule has 90 valence electrons. The van der Waals surface area contributed by atoms with Crippen LogP contribution in [0.3, 0.4) is 0 Å². The van der Waals surface area contributed by atoms with Crippen molar-refractivity contribution in [2.75, 3.05) is 20.2 Å². The van der Waals surface area contributed by atoms with Gasteiger partial charge in [-0.15, -0.1) is 0 Å². The number of hydrogen-bond donors (Lipinski definition) is 1. The molecular weight excluding hydrogens is 216 g/mol. The second-order valence-electron chi connectivity index (χ2n) is 4.46. The maximum Gasteiger partial charge on any atom is 0.155 e. The average molecular weight is 232 g/mol. The van der Waals surface area contributed by atoms with E-state index < -0.39 is 0 Å². The molecule has 2 aromatic heterocycles. The highest BCUT2D eigenvalue weighted by Crippen LogP contribution is 2.15. The first-order valence-electron chi connectivity index (χ1n) is 5.95.